The fourth-order valence-electron chi connectivity index (χ4n) is 1.65. The molecule has 0 spiro atoms. The molecule has 0 unspecified atom stereocenters. The number of aliphatic carboxylic acids is 1. The zero-order chi connectivity index (χ0) is 17.6. The van der Waals surface area contributed by atoms with Gasteiger partial charge in [0.05, 0.1) is 11.3 Å². The van der Waals surface area contributed by atoms with Crippen molar-refractivity contribution in [1.29, 1.82) is 0 Å². The van der Waals surface area contributed by atoms with E-state index >= 15 is 0 Å². The first-order valence-corrected chi connectivity index (χ1v) is 6.32. The molecule has 1 rings (SSSR count). The number of ether oxygens (including phenoxy) is 1. The van der Waals surface area contributed by atoms with Gasteiger partial charge in [0.15, 0.2) is 0 Å². The second-order valence-electron chi connectivity index (χ2n) is 4.53. The van der Waals surface area contributed by atoms with Crippen LogP contribution in [0.1, 0.15) is 23.6 Å². The van der Waals surface area contributed by atoms with Gasteiger partial charge in [0, 0.05) is 12.6 Å². The van der Waals surface area contributed by atoms with E-state index in [0.29, 0.717) is 0 Å². The van der Waals surface area contributed by atoms with Crippen LogP contribution in [0.3, 0.4) is 0 Å². The molecule has 23 heavy (non-hydrogen) atoms. The molecule has 1 aromatic carbocycles. The Morgan fingerprint density at radius 3 is 2.57 bits per heavy atom. The van der Waals surface area contributed by atoms with E-state index in [9.17, 15) is 22.8 Å². The van der Waals surface area contributed by atoms with Crippen molar-refractivity contribution in [1.82, 2.24) is 5.32 Å². The van der Waals surface area contributed by atoms with Crippen LogP contribution in [-0.2, 0) is 22.3 Å². The van der Waals surface area contributed by atoms with E-state index in [1.807, 2.05) is 0 Å². The number of amides is 1. The highest BCUT2D eigenvalue weighted by Crippen LogP contribution is 2.33. The van der Waals surface area contributed by atoms with E-state index in [-0.39, 0.29) is 16.9 Å². The van der Waals surface area contributed by atoms with E-state index < -0.39 is 30.3 Å². The van der Waals surface area contributed by atoms with Gasteiger partial charge in [-0.3, -0.25) is 0 Å². The van der Waals surface area contributed by atoms with Crippen LogP contribution >= 0.6 is 0 Å². The number of alkyl halides is 3. The SMILES string of the molecule is C=C(C)OC(=O)NCc1ccc(/C=C/C(=O)O)cc1C(F)(F)F. The van der Waals surface area contributed by atoms with Crippen LogP contribution in [-0.4, -0.2) is 17.2 Å². The summed E-state index contributed by atoms with van der Waals surface area (Å²) in [6.45, 7) is 4.36. The minimum atomic E-state index is -4.65. The lowest BCUT2D eigenvalue weighted by Crippen LogP contribution is -2.24. The summed E-state index contributed by atoms with van der Waals surface area (Å²) >= 11 is 0. The van der Waals surface area contributed by atoms with E-state index in [1.54, 1.807) is 0 Å². The molecule has 8 heteroatoms. The highest BCUT2D eigenvalue weighted by Gasteiger charge is 2.33. The van der Waals surface area contributed by atoms with Crippen LogP contribution in [0.5, 0.6) is 0 Å². The normalized spacial score (nSPS) is 11.3. The summed E-state index contributed by atoms with van der Waals surface area (Å²) in [4.78, 5) is 21.7. The molecule has 0 fully saturated rings. The molecular formula is C15H14F3NO4. The number of rotatable bonds is 5. The summed E-state index contributed by atoms with van der Waals surface area (Å²) in [6.07, 6.45) is -3.79. The smallest absolute Gasteiger partial charge is 0.416 e. The van der Waals surface area contributed by atoms with Crippen LogP contribution in [0.2, 0.25) is 0 Å². The highest BCUT2D eigenvalue weighted by atomic mass is 19.4. The van der Waals surface area contributed by atoms with Gasteiger partial charge in [0.1, 0.15) is 0 Å². The summed E-state index contributed by atoms with van der Waals surface area (Å²) < 4.78 is 43.8. The Balaban J connectivity index is 3.00. The summed E-state index contributed by atoms with van der Waals surface area (Å²) in [5.41, 5.74) is -1.07. The largest absolute Gasteiger partial charge is 0.478 e. The number of carboxylic acids is 1. The maximum atomic E-state index is 13.1. The molecule has 5 nitrogen and oxygen atoms in total. The lowest BCUT2D eigenvalue weighted by atomic mass is 10.0. The number of alkyl carbamates (subject to hydrolysis) is 1. The average molecular weight is 329 g/mol. The Morgan fingerprint density at radius 1 is 1.39 bits per heavy atom. The van der Waals surface area contributed by atoms with Gasteiger partial charge in [-0.05, 0) is 30.2 Å². The molecule has 0 aliphatic rings. The van der Waals surface area contributed by atoms with Gasteiger partial charge in [0.2, 0.25) is 0 Å². The summed E-state index contributed by atoms with van der Waals surface area (Å²) in [6, 6.07) is 3.28. The number of hydrogen-bond donors (Lipinski definition) is 2. The van der Waals surface area contributed by atoms with Gasteiger partial charge >= 0.3 is 18.2 Å². The predicted octanol–water partition coefficient (Wildman–Crippen LogP) is 3.56. The minimum absolute atomic E-state index is 0.0768. The van der Waals surface area contributed by atoms with Gasteiger partial charge in [-0.25, -0.2) is 9.59 Å². The van der Waals surface area contributed by atoms with E-state index in [0.717, 1.165) is 24.3 Å². The lowest BCUT2D eigenvalue weighted by Gasteiger charge is -2.14. The van der Waals surface area contributed by atoms with E-state index in [1.165, 1.54) is 13.0 Å². The molecule has 1 amide bonds. The summed E-state index contributed by atoms with van der Waals surface area (Å²) in [5.74, 6) is -1.17. The second kappa shape index (κ2) is 7.48. The number of carboxylic acid groups (broad SMARTS) is 1. The first-order valence-electron chi connectivity index (χ1n) is 6.32. The third kappa shape index (κ3) is 6.25. The summed E-state index contributed by atoms with van der Waals surface area (Å²) in [5, 5.41) is 10.7. The van der Waals surface area contributed by atoms with Crippen molar-refractivity contribution in [3.63, 3.8) is 0 Å². The zero-order valence-corrected chi connectivity index (χ0v) is 12.1. The maximum Gasteiger partial charge on any atom is 0.416 e. The number of hydrogen-bond acceptors (Lipinski definition) is 3. The number of carbonyl (C=O) groups is 2. The Kier molecular flexibility index (Phi) is 5.94. The molecule has 0 aliphatic carbocycles. The van der Waals surface area contributed by atoms with Gasteiger partial charge in [0.25, 0.3) is 0 Å². The molecule has 0 saturated heterocycles. The van der Waals surface area contributed by atoms with Gasteiger partial charge in [-0.1, -0.05) is 18.7 Å². The Labute approximate surface area is 130 Å². The van der Waals surface area contributed by atoms with Crippen molar-refractivity contribution >= 4 is 18.1 Å². The molecule has 2 N–H and O–H groups in total. The fourth-order valence-corrected chi connectivity index (χ4v) is 1.65. The third-order valence-corrected chi connectivity index (χ3v) is 2.55. The number of allylic oxidation sites excluding steroid dienone is 1. The fraction of sp³-hybridized carbons (Fsp3) is 0.200. The first-order chi connectivity index (χ1) is 10.6. The second-order valence-corrected chi connectivity index (χ2v) is 4.53. The molecule has 0 radical (unpaired) electrons. The lowest BCUT2D eigenvalue weighted by molar-refractivity contribution is -0.138. The predicted molar refractivity (Wildman–Crippen MR) is 76.2 cm³/mol. The van der Waals surface area contributed by atoms with E-state index in [4.69, 9.17) is 5.11 Å². The number of benzene rings is 1. The molecule has 0 bridgehead atoms. The first kappa shape index (κ1) is 18.3. The topological polar surface area (TPSA) is 75.6 Å². The molecule has 0 aromatic heterocycles. The van der Waals surface area contributed by atoms with Crippen molar-refractivity contribution in [2.75, 3.05) is 0 Å². The van der Waals surface area contributed by atoms with Gasteiger partial charge < -0.3 is 15.2 Å². The van der Waals surface area contributed by atoms with Crippen molar-refractivity contribution in [3.05, 3.63) is 53.3 Å². The third-order valence-electron chi connectivity index (χ3n) is 2.55. The van der Waals surface area contributed by atoms with Crippen molar-refractivity contribution in [2.45, 2.75) is 19.6 Å². The Bertz CT molecular complexity index is 651. The zero-order valence-electron chi connectivity index (χ0n) is 12.1. The van der Waals surface area contributed by atoms with Crippen LogP contribution in [0.25, 0.3) is 6.08 Å². The maximum absolute atomic E-state index is 13.1. The van der Waals surface area contributed by atoms with Crippen LogP contribution in [0.15, 0.2) is 36.6 Å². The van der Waals surface area contributed by atoms with Gasteiger partial charge in [-0.2, -0.15) is 13.2 Å². The number of nitrogens with one attached hydrogen (secondary N) is 1. The Hall–Kier alpha value is -2.77. The molecular weight excluding hydrogens is 315 g/mol. The standard InChI is InChI=1S/C15H14F3NO4/c1-9(2)23-14(22)19-8-11-5-3-10(4-6-13(20)21)7-12(11)15(16,17)18/h3-7H,1,8H2,2H3,(H,19,22)(H,20,21)/b6-4+. The van der Waals surface area contributed by atoms with E-state index in [2.05, 4.69) is 16.6 Å². The van der Waals surface area contributed by atoms with Gasteiger partial charge in [-0.15, -0.1) is 0 Å². The molecule has 124 valence electrons. The molecule has 1 aromatic rings. The number of halogens is 3. The van der Waals surface area contributed by atoms with Crippen LogP contribution in [0, 0.1) is 0 Å². The monoisotopic (exact) mass is 329 g/mol. The Morgan fingerprint density at radius 2 is 2.04 bits per heavy atom. The molecule has 0 saturated carbocycles. The van der Waals surface area contributed by atoms with Crippen LogP contribution in [0.4, 0.5) is 18.0 Å². The molecule has 0 heterocycles. The van der Waals surface area contributed by atoms with Crippen molar-refractivity contribution in [3.8, 4) is 0 Å². The average Bonchev–Trinajstić information content (AvgIpc) is 2.41. The molecule has 0 aliphatic heterocycles. The minimum Gasteiger partial charge on any atom is -0.478 e. The quantitative estimate of drug-likeness (QED) is 0.640. The number of carbonyl (C=O) groups excluding carboxylic acids is 1. The highest BCUT2D eigenvalue weighted by molar-refractivity contribution is 5.85. The summed E-state index contributed by atoms with van der Waals surface area (Å²) in [7, 11) is 0. The van der Waals surface area contributed by atoms with Crippen LogP contribution < -0.4 is 5.32 Å². The van der Waals surface area contributed by atoms with Crippen molar-refractivity contribution in [2.24, 2.45) is 0 Å². The van der Waals surface area contributed by atoms with Crippen molar-refractivity contribution < 1.29 is 32.6 Å². The molecule has 0 atom stereocenters.